The van der Waals surface area contributed by atoms with Gasteiger partial charge in [0, 0.05) is 45.1 Å². The van der Waals surface area contributed by atoms with E-state index in [-0.39, 0.29) is 17.9 Å². The average molecular weight is 395 g/mol. The zero-order chi connectivity index (χ0) is 20.2. The van der Waals surface area contributed by atoms with E-state index < -0.39 is 0 Å². The van der Waals surface area contributed by atoms with Crippen LogP contribution in [0, 0.1) is 5.92 Å². The Labute approximate surface area is 169 Å². The first-order chi connectivity index (χ1) is 13.6. The van der Waals surface area contributed by atoms with Crippen LogP contribution in [0.25, 0.3) is 0 Å². The van der Waals surface area contributed by atoms with Crippen LogP contribution in [0.2, 0.25) is 0 Å². The monoisotopic (exact) mass is 394 g/mol. The number of nitrogens with one attached hydrogen (secondary N) is 2. The van der Waals surface area contributed by atoms with Gasteiger partial charge in [-0.15, -0.1) is 0 Å². The van der Waals surface area contributed by atoms with E-state index in [9.17, 15) is 9.59 Å². The number of esters is 1. The molecule has 0 aromatic carbocycles. The highest BCUT2D eigenvalue weighted by Gasteiger charge is 2.31. The average Bonchev–Trinajstić information content (AvgIpc) is 3.20. The Morgan fingerprint density at radius 2 is 1.82 bits per heavy atom. The molecule has 7 heteroatoms. The third-order valence-corrected chi connectivity index (χ3v) is 5.85. The van der Waals surface area contributed by atoms with Crippen LogP contribution in [0.1, 0.15) is 70.6 Å². The number of aliphatic imine (C=N–C) groups is 1. The highest BCUT2D eigenvalue weighted by Crippen LogP contribution is 2.26. The van der Waals surface area contributed by atoms with E-state index in [1.165, 1.54) is 26.4 Å². The summed E-state index contributed by atoms with van der Waals surface area (Å²) in [5, 5.41) is 6.82. The van der Waals surface area contributed by atoms with E-state index in [0.29, 0.717) is 12.3 Å². The number of unbranched alkanes of at least 4 members (excludes halogenated alkanes) is 3. The van der Waals surface area contributed by atoms with Gasteiger partial charge in [0.15, 0.2) is 5.96 Å². The fourth-order valence-electron chi connectivity index (χ4n) is 4.13. The molecule has 0 bridgehead atoms. The quantitative estimate of drug-likeness (QED) is 0.272. The number of amides is 1. The van der Waals surface area contributed by atoms with Crippen molar-refractivity contribution in [1.29, 1.82) is 0 Å². The van der Waals surface area contributed by atoms with Crippen molar-refractivity contribution < 1.29 is 14.3 Å². The maximum Gasteiger partial charge on any atom is 0.305 e. The number of rotatable bonds is 9. The second kappa shape index (κ2) is 12.6. The molecule has 1 aliphatic heterocycles. The molecule has 2 N–H and O–H groups in total. The van der Waals surface area contributed by atoms with E-state index in [1.807, 2.05) is 4.90 Å². The lowest BCUT2D eigenvalue weighted by Crippen LogP contribution is -2.45. The van der Waals surface area contributed by atoms with Crippen molar-refractivity contribution in [2.75, 3.05) is 33.8 Å². The highest BCUT2D eigenvalue weighted by molar-refractivity contribution is 5.81. The molecular weight excluding hydrogens is 356 g/mol. The summed E-state index contributed by atoms with van der Waals surface area (Å²) < 4.78 is 4.64. The van der Waals surface area contributed by atoms with Crippen molar-refractivity contribution in [2.45, 2.75) is 76.7 Å². The Hall–Kier alpha value is -1.79. The van der Waals surface area contributed by atoms with Gasteiger partial charge >= 0.3 is 5.97 Å². The second-order valence-electron chi connectivity index (χ2n) is 7.99. The molecule has 2 rings (SSSR count). The molecule has 1 amide bonds. The van der Waals surface area contributed by atoms with Crippen LogP contribution in [-0.4, -0.2) is 62.6 Å². The molecule has 2 fully saturated rings. The van der Waals surface area contributed by atoms with Crippen LogP contribution in [-0.2, 0) is 14.3 Å². The summed E-state index contributed by atoms with van der Waals surface area (Å²) in [6, 6.07) is 0.277. The van der Waals surface area contributed by atoms with Crippen molar-refractivity contribution in [3.8, 4) is 0 Å². The SMILES string of the molecule is CN=C(NCCCCCCC(=O)OC)NC1CCN(C(=O)C2CCCCC2)C1. The minimum atomic E-state index is -0.129. The smallest absolute Gasteiger partial charge is 0.305 e. The largest absolute Gasteiger partial charge is 0.469 e. The molecule has 1 aliphatic carbocycles. The van der Waals surface area contributed by atoms with Crippen molar-refractivity contribution in [3.05, 3.63) is 0 Å². The number of methoxy groups -OCH3 is 1. The number of carbonyl (C=O) groups excluding carboxylic acids is 2. The zero-order valence-electron chi connectivity index (χ0n) is 17.7. The first-order valence-corrected chi connectivity index (χ1v) is 11.0. The summed E-state index contributed by atoms with van der Waals surface area (Å²) in [6.07, 6.45) is 11.3. The lowest BCUT2D eigenvalue weighted by Gasteiger charge is -2.26. The molecular formula is C21H38N4O3. The molecule has 2 aliphatic rings. The number of carbonyl (C=O) groups is 2. The number of nitrogens with zero attached hydrogens (tertiary/aromatic N) is 2. The molecule has 0 spiro atoms. The summed E-state index contributed by atoms with van der Waals surface area (Å²) >= 11 is 0. The summed E-state index contributed by atoms with van der Waals surface area (Å²) in [4.78, 5) is 30.1. The number of likely N-dealkylation sites (tertiary alicyclic amines) is 1. The molecule has 160 valence electrons. The third-order valence-electron chi connectivity index (χ3n) is 5.85. The van der Waals surface area contributed by atoms with Crippen molar-refractivity contribution >= 4 is 17.8 Å². The highest BCUT2D eigenvalue weighted by atomic mass is 16.5. The molecule has 1 atom stereocenters. The molecule has 1 unspecified atom stereocenters. The van der Waals surface area contributed by atoms with Crippen LogP contribution in [0.15, 0.2) is 4.99 Å². The van der Waals surface area contributed by atoms with Crippen LogP contribution in [0.5, 0.6) is 0 Å². The number of hydrogen-bond acceptors (Lipinski definition) is 4. The van der Waals surface area contributed by atoms with Gasteiger partial charge in [0.25, 0.3) is 0 Å². The van der Waals surface area contributed by atoms with Gasteiger partial charge in [0.2, 0.25) is 5.91 Å². The predicted octanol–water partition coefficient (Wildman–Crippen LogP) is 2.46. The Morgan fingerprint density at radius 1 is 1.07 bits per heavy atom. The fourth-order valence-corrected chi connectivity index (χ4v) is 4.13. The van der Waals surface area contributed by atoms with Gasteiger partial charge in [-0.25, -0.2) is 0 Å². The maximum absolute atomic E-state index is 12.7. The van der Waals surface area contributed by atoms with Crippen LogP contribution >= 0.6 is 0 Å². The van der Waals surface area contributed by atoms with Gasteiger partial charge in [-0.05, 0) is 32.1 Å². The summed E-state index contributed by atoms with van der Waals surface area (Å²) in [7, 11) is 3.21. The molecule has 1 saturated heterocycles. The molecule has 1 heterocycles. The lowest BCUT2D eigenvalue weighted by atomic mass is 9.88. The summed E-state index contributed by atoms with van der Waals surface area (Å²) in [5.41, 5.74) is 0. The van der Waals surface area contributed by atoms with Gasteiger partial charge in [-0.2, -0.15) is 0 Å². The lowest BCUT2D eigenvalue weighted by molar-refractivity contribution is -0.140. The molecule has 0 aromatic heterocycles. The van der Waals surface area contributed by atoms with Crippen molar-refractivity contribution in [1.82, 2.24) is 15.5 Å². The van der Waals surface area contributed by atoms with Gasteiger partial charge in [0.1, 0.15) is 0 Å². The van der Waals surface area contributed by atoms with Gasteiger partial charge in [-0.1, -0.05) is 32.1 Å². The van der Waals surface area contributed by atoms with Gasteiger partial charge in [0.05, 0.1) is 7.11 Å². The van der Waals surface area contributed by atoms with Gasteiger partial charge < -0.3 is 20.3 Å². The molecule has 28 heavy (non-hydrogen) atoms. The Balaban J connectivity index is 1.58. The second-order valence-corrected chi connectivity index (χ2v) is 7.99. The maximum atomic E-state index is 12.7. The van der Waals surface area contributed by atoms with Crippen LogP contribution < -0.4 is 10.6 Å². The third kappa shape index (κ3) is 7.68. The summed E-state index contributed by atoms with van der Waals surface area (Å²) in [6.45, 7) is 2.49. The molecule has 7 nitrogen and oxygen atoms in total. The minimum absolute atomic E-state index is 0.129. The summed E-state index contributed by atoms with van der Waals surface area (Å²) in [5.74, 6) is 1.30. The molecule has 0 aromatic rings. The van der Waals surface area contributed by atoms with E-state index >= 15 is 0 Å². The number of hydrogen-bond donors (Lipinski definition) is 2. The van der Waals surface area contributed by atoms with Crippen molar-refractivity contribution in [3.63, 3.8) is 0 Å². The van der Waals surface area contributed by atoms with E-state index in [0.717, 1.165) is 70.5 Å². The van der Waals surface area contributed by atoms with Gasteiger partial charge in [-0.3, -0.25) is 14.6 Å². The van der Waals surface area contributed by atoms with Crippen LogP contribution in [0.4, 0.5) is 0 Å². The Morgan fingerprint density at radius 3 is 2.54 bits per heavy atom. The standard InChI is InChI=1S/C21H38N4O3/c1-22-21(23-14-9-4-3-8-12-19(26)28-2)24-18-13-15-25(16-18)20(27)17-10-6-5-7-11-17/h17-18H,3-16H2,1-2H3,(H2,22,23,24). The van der Waals surface area contributed by atoms with E-state index in [2.05, 4.69) is 20.4 Å². The first-order valence-electron chi connectivity index (χ1n) is 11.0. The minimum Gasteiger partial charge on any atom is -0.469 e. The molecule has 0 radical (unpaired) electrons. The first kappa shape index (κ1) is 22.5. The number of ether oxygens (including phenoxy) is 1. The predicted molar refractivity (Wildman–Crippen MR) is 111 cm³/mol. The zero-order valence-corrected chi connectivity index (χ0v) is 17.7. The topological polar surface area (TPSA) is 83.0 Å². The van der Waals surface area contributed by atoms with Crippen LogP contribution in [0.3, 0.4) is 0 Å². The van der Waals surface area contributed by atoms with E-state index in [4.69, 9.17) is 0 Å². The normalized spacial score (nSPS) is 20.9. The van der Waals surface area contributed by atoms with E-state index in [1.54, 1.807) is 7.05 Å². The number of guanidine groups is 1. The Bertz CT molecular complexity index is 518. The molecule has 1 saturated carbocycles. The van der Waals surface area contributed by atoms with Crippen molar-refractivity contribution in [2.24, 2.45) is 10.9 Å². The Kier molecular flexibility index (Phi) is 10.1. The fraction of sp³-hybridized carbons (Fsp3) is 0.857.